The van der Waals surface area contributed by atoms with Crippen LogP contribution in [0.25, 0.3) is 16.6 Å². The normalized spacial score (nSPS) is 10.9. The molecule has 9 heteroatoms. The molecule has 1 amide bonds. The first-order valence-corrected chi connectivity index (χ1v) is 10.6. The summed E-state index contributed by atoms with van der Waals surface area (Å²) in [7, 11) is 0. The highest BCUT2D eigenvalue weighted by atomic mass is 35.5. The predicted octanol–water partition coefficient (Wildman–Crippen LogP) is 4.82. The number of nitrogens with zero attached hydrogens (tertiary/aromatic N) is 3. The lowest BCUT2D eigenvalue weighted by Gasteiger charge is -2.13. The van der Waals surface area contributed by atoms with Gasteiger partial charge < -0.3 is 5.32 Å². The molecule has 0 radical (unpaired) electrons. The molecular weight excluding hydrogens is 443 g/mol. The number of thioether (sulfide) groups is 1. The zero-order valence-electron chi connectivity index (χ0n) is 15.4. The third-order valence-electron chi connectivity index (χ3n) is 4.14. The number of benzene rings is 2. The van der Waals surface area contributed by atoms with Crippen LogP contribution in [0.3, 0.4) is 0 Å². The third-order valence-corrected chi connectivity index (χ3v) is 5.54. The number of carbonyl (C=O) groups is 1. The number of fused-ring (bicyclic) bond motifs is 1. The molecule has 2 aromatic heterocycles. The molecule has 2 heterocycles. The van der Waals surface area contributed by atoms with Crippen molar-refractivity contribution in [1.29, 1.82) is 0 Å². The van der Waals surface area contributed by atoms with E-state index in [0.717, 1.165) is 11.8 Å². The Balaban J connectivity index is 1.67. The van der Waals surface area contributed by atoms with Crippen LogP contribution in [-0.2, 0) is 4.79 Å². The van der Waals surface area contributed by atoms with Crippen LogP contribution in [-0.4, -0.2) is 26.2 Å². The van der Waals surface area contributed by atoms with Crippen molar-refractivity contribution in [1.82, 2.24) is 14.5 Å². The van der Waals surface area contributed by atoms with Crippen molar-refractivity contribution in [2.24, 2.45) is 0 Å². The van der Waals surface area contributed by atoms with Gasteiger partial charge in [0.2, 0.25) is 5.91 Å². The minimum absolute atomic E-state index is 0.0374. The highest BCUT2D eigenvalue weighted by Crippen LogP contribution is 2.23. The molecule has 0 spiro atoms. The van der Waals surface area contributed by atoms with Crippen LogP contribution in [0.1, 0.15) is 0 Å². The molecule has 1 N–H and O–H groups in total. The lowest BCUT2D eigenvalue weighted by atomic mass is 10.2. The molecular formula is C21H14Cl2N4O2S. The van der Waals surface area contributed by atoms with Gasteiger partial charge in [0, 0.05) is 11.2 Å². The molecule has 0 fully saturated rings. The largest absolute Gasteiger partial charge is 0.310 e. The van der Waals surface area contributed by atoms with Crippen LogP contribution >= 0.6 is 35.0 Å². The Morgan fingerprint density at radius 3 is 2.63 bits per heavy atom. The molecule has 0 atom stereocenters. The summed E-state index contributed by atoms with van der Waals surface area (Å²) >= 11 is 13.1. The van der Waals surface area contributed by atoms with E-state index in [9.17, 15) is 9.59 Å². The second-order valence-corrected chi connectivity index (χ2v) is 8.05. The summed E-state index contributed by atoms with van der Waals surface area (Å²) < 4.78 is 1.46. The van der Waals surface area contributed by atoms with E-state index in [1.54, 1.807) is 54.6 Å². The molecule has 0 unspecified atom stereocenters. The molecule has 0 saturated heterocycles. The number of carbonyl (C=O) groups excluding carboxylic acids is 1. The molecule has 0 aliphatic heterocycles. The third kappa shape index (κ3) is 4.48. The van der Waals surface area contributed by atoms with E-state index in [4.69, 9.17) is 23.2 Å². The van der Waals surface area contributed by atoms with Crippen molar-refractivity contribution < 1.29 is 4.79 Å². The van der Waals surface area contributed by atoms with E-state index in [2.05, 4.69) is 15.3 Å². The number of aromatic nitrogens is 3. The molecule has 30 heavy (non-hydrogen) atoms. The zero-order valence-corrected chi connectivity index (χ0v) is 17.7. The number of halogens is 2. The molecule has 6 nitrogen and oxygen atoms in total. The smallest absolute Gasteiger partial charge is 0.266 e. The number of nitrogens with one attached hydrogen (secondary N) is 1. The zero-order chi connectivity index (χ0) is 21.1. The molecule has 4 aromatic rings. The average molecular weight is 457 g/mol. The fourth-order valence-electron chi connectivity index (χ4n) is 2.81. The second-order valence-electron chi connectivity index (χ2n) is 6.23. The van der Waals surface area contributed by atoms with Crippen molar-refractivity contribution in [3.8, 4) is 5.69 Å². The Bertz CT molecular complexity index is 1290. The van der Waals surface area contributed by atoms with Crippen molar-refractivity contribution in [3.63, 3.8) is 0 Å². The fourth-order valence-corrected chi connectivity index (χ4v) is 3.92. The Morgan fingerprint density at radius 1 is 1.03 bits per heavy atom. The highest BCUT2D eigenvalue weighted by molar-refractivity contribution is 7.99. The van der Waals surface area contributed by atoms with Crippen LogP contribution < -0.4 is 10.9 Å². The van der Waals surface area contributed by atoms with Crippen molar-refractivity contribution in [2.75, 3.05) is 11.1 Å². The standard InChI is InChI=1S/C21H14Cl2N4O2S/c22-13-4-3-5-15(10-13)27-20(29)16-6-1-2-7-17(16)25-21(27)30-12-19(28)26-18-9-8-14(23)11-24-18/h1-11H,12H2,(H,24,26,28). The number of para-hydroxylation sites is 1. The van der Waals surface area contributed by atoms with Crippen LogP contribution in [0.5, 0.6) is 0 Å². The Morgan fingerprint density at radius 2 is 1.87 bits per heavy atom. The van der Waals surface area contributed by atoms with Gasteiger partial charge in [-0.15, -0.1) is 0 Å². The minimum atomic E-state index is -0.283. The Hall–Kier alpha value is -2.87. The molecule has 0 aliphatic rings. The van der Waals surface area contributed by atoms with Gasteiger partial charge >= 0.3 is 0 Å². The predicted molar refractivity (Wildman–Crippen MR) is 121 cm³/mol. The van der Waals surface area contributed by atoms with Crippen LogP contribution in [0.2, 0.25) is 10.0 Å². The maximum absolute atomic E-state index is 13.2. The number of pyridine rings is 1. The molecule has 150 valence electrons. The molecule has 4 rings (SSSR count). The van der Waals surface area contributed by atoms with Gasteiger partial charge in [0.25, 0.3) is 5.56 Å². The average Bonchev–Trinajstić information content (AvgIpc) is 2.74. The topological polar surface area (TPSA) is 76.9 Å². The van der Waals surface area contributed by atoms with Crippen molar-refractivity contribution >= 4 is 57.6 Å². The minimum Gasteiger partial charge on any atom is -0.310 e. The first-order chi connectivity index (χ1) is 14.5. The first-order valence-electron chi connectivity index (χ1n) is 8.83. The first kappa shape index (κ1) is 20.4. The van der Waals surface area contributed by atoms with Gasteiger partial charge in [-0.25, -0.2) is 9.97 Å². The van der Waals surface area contributed by atoms with Gasteiger partial charge in [-0.3, -0.25) is 14.2 Å². The highest BCUT2D eigenvalue weighted by Gasteiger charge is 2.15. The van der Waals surface area contributed by atoms with E-state index in [-0.39, 0.29) is 17.2 Å². The quantitative estimate of drug-likeness (QED) is 0.344. The van der Waals surface area contributed by atoms with E-state index in [0.29, 0.717) is 37.6 Å². The van der Waals surface area contributed by atoms with Gasteiger partial charge in [0.15, 0.2) is 5.16 Å². The summed E-state index contributed by atoms with van der Waals surface area (Å²) in [6.07, 6.45) is 1.45. The number of hydrogen-bond donors (Lipinski definition) is 1. The van der Waals surface area contributed by atoms with E-state index in [1.165, 1.54) is 10.8 Å². The van der Waals surface area contributed by atoms with Gasteiger partial charge in [0.1, 0.15) is 5.82 Å². The summed E-state index contributed by atoms with van der Waals surface area (Å²) in [4.78, 5) is 34.2. The SMILES string of the molecule is O=C(CSc1nc2ccccc2c(=O)n1-c1cccc(Cl)c1)Nc1ccc(Cl)cn1. The monoisotopic (exact) mass is 456 g/mol. The Labute approximate surface area is 185 Å². The molecule has 0 saturated carbocycles. The maximum atomic E-state index is 13.2. The summed E-state index contributed by atoms with van der Waals surface area (Å²) in [5, 5.41) is 4.54. The maximum Gasteiger partial charge on any atom is 0.266 e. The van der Waals surface area contributed by atoms with Crippen LogP contribution in [0.15, 0.2) is 76.8 Å². The number of hydrogen-bond acceptors (Lipinski definition) is 5. The van der Waals surface area contributed by atoms with Crippen molar-refractivity contribution in [2.45, 2.75) is 5.16 Å². The second kappa shape index (κ2) is 8.87. The van der Waals surface area contributed by atoms with Crippen LogP contribution in [0, 0.1) is 0 Å². The van der Waals surface area contributed by atoms with Crippen molar-refractivity contribution in [3.05, 3.63) is 87.3 Å². The summed E-state index contributed by atoms with van der Waals surface area (Å²) in [6, 6.07) is 17.3. The summed E-state index contributed by atoms with van der Waals surface area (Å²) in [5.74, 6) is 0.147. The van der Waals surface area contributed by atoms with Gasteiger partial charge in [-0.05, 0) is 42.5 Å². The van der Waals surface area contributed by atoms with Gasteiger partial charge in [-0.1, -0.05) is 53.2 Å². The molecule has 2 aromatic carbocycles. The fraction of sp³-hybridized carbons (Fsp3) is 0.0476. The number of amides is 1. The van der Waals surface area contributed by atoms with Gasteiger partial charge in [0.05, 0.1) is 27.4 Å². The number of rotatable bonds is 5. The van der Waals surface area contributed by atoms with E-state index in [1.807, 2.05) is 6.07 Å². The van der Waals surface area contributed by atoms with Gasteiger partial charge in [-0.2, -0.15) is 0 Å². The van der Waals surface area contributed by atoms with E-state index >= 15 is 0 Å². The lowest BCUT2D eigenvalue weighted by molar-refractivity contribution is -0.113. The summed E-state index contributed by atoms with van der Waals surface area (Å²) in [6.45, 7) is 0. The summed E-state index contributed by atoms with van der Waals surface area (Å²) in [5.41, 5.74) is 0.904. The van der Waals surface area contributed by atoms with E-state index < -0.39 is 0 Å². The van der Waals surface area contributed by atoms with Crippen LogP contribution in [0.4, 0.5) is 5.82 Å². The Kier molecular flexibility index (Phi) is 6.03. The number of anilines is 1. The lowest BCUT2D eigenvalue weighted by Crippen LogP contribution is -2.23. The molecule has 0 aliphatic carbocycles. The molecule has 0 bridgehead atoms.